The number of anilines is 1. The molecular weight excluding hydrogens is 348 g/mol. The number of aryl methyl sites for hydroxylation is 1. The monoisotopic (exact) mass is 366 g/mol. The van der Waals surface area contributed by atoms with Gasteiger partial charge in [-0.25, -0.2) is 4.79 Å². The minimum Gasteiger partial charge on any atom is -0.454 e. The first-order valence-electron chi connectivity index (χ1n) is 8.48. The molecule has 1 aliphatic rings. The summed E-state index contributed by atoms with van der Waals surface area (Å²) in [5, 5.41) is 3.50. The zero-order valence-electron chi connectivity index (χ0n) is 14.9. The lowest BCUT2D eigenvalue weighted by molar-refractivity contribution is -0.123. The van der Waals surface area contributed by atoms with E-state index in [1.165, 1.54) is 6.92 Å². The van der Waals surface area contributed by atoms with Gasteiger partial charge in [-0.1, -0.05) is 18.2 Å². The molecule has 2 aromatic carbocycles. The van der Waals surface area contributed by atoms with Crippen LogP contribution in [-0.2, 0) is 16.6 Å². The van der Waals surface area contributed by atoms with Crippen molar-refractivity contribution in [1.82, 2.24) is 4.57 Å². The highest BCUT2D eigenvalue weighted by Crippen LogP contribution is 2.34. The maximum Gasteiger partial charge on any atom is 0.341 e. The van der Waals surface area contributed by atoms with Crippen molar-refractivity contribution in [2.45, 2.75) is 13.0 Å². The predicted octanol–water partition coefficient (Wildman–Crippen LogP) is 3.09. The number of nitrogens with zero attached hydrogens (tertiary/aromatic N) is 1. The summed E-state index contributed by atoms with van der Waals surface area (Å²) in [5.74, 6) is 0.222. The number of amides is 1. The molecule has 27 heavy (non-hydrogen) atoms. The van der Waals surface area contributed by atoms with E-state index in [-0.39, 0.29) is 6.79 Å². The molecule has 4 rings (SSSR count). The third-order valence-electron chi connectivity index (χ3n) is 4.41. The van der Waals surface area contributed by atoms with Crippen molar-refractivity contribution >= 4 is 28.5 Å². The lowest BCUT2D eigenvalue weighted by Crippen LogP contribution is -2.29. The van der Waals surface area contributed by atoms with Gasteiger partial charge in [0.25, 0.3) is 5.91 Å². The highest BCUT2D eigenvalue weighted by atomic mass is 16.7. The number of aromatic nitrogens is 1. The Balaban J connectivity index is 1.45. The fraction of sp³-hybridized carbons (Fsp3) is 0.200. The van der Waals surface area contributed by atoms with E-state index < -0.39 is 18.0 Å². The fourth-order valence-corrected chi connectivity index (χ4v) is 3.00. The average Bonchev–Trinajstić information content (AvgIpc) is 3.26. The van der Waals surface area contributed by atoms with Gasteiger partial charge in [0.15, 0.2) is 17.6 Å². The van der Waals surface area contributed by atoms with Crippen LogP contribution in [0.5, 0.6) is 11.5 Å². The van der Waals surface area contributed by atoms with Crippen molar-refractivity contribution < 1.29 is 23.8 Å². The van der Waals surface area contributed by atoms with E-state index in [9.17, 15) is 9.59 Å². The molecule has 0 unspecified atom stereocenters. The number of carbonyl (C=O) groups is 2. The lowest BCUT2D eigenvalue weighted by atomic mass is 10.2. The summed E-state index contributed by atoms with van der Waals surface area (Å²) in [5.41, 5.74) is 1.88. The van der Waals surface area contributed by atoms with Gasteiger partial charge in [-0.05, 0) is 25.1 Å². The van der Waals surface area contributed by atoms with Crippen LogP contribution in [0.2, 0.25) is 0 Å². The predicted molar refractivity (Wildman–Crippen MR) is 99.0 cm³/mol. The Bertz CT molecular complexity index is 1040. The molecule has 0 saturated carbocycles. The molecule has 0 saturated heterocycles. The van der Waals surface area contributed by atoms with Crippen molar-refractivity contribution in [2.24, 2.45) is 7.05 Å². The molecule has 0 radical (unpaired) electrons. The number of fused-ring (bicyclic) bond motifs is 2. The summed E-state index contributed by atoms with van der Waals surface area (Å²) in [6.07, 6.45) is 0.747. The smallest absolute Gasteiger partial charge is 0.341 e. The van der Waals surface area contributed by atoms with Gasteiger partial charge in [-0.15, -0.1) is 0 Å². The van der Waals surface area contributed by atoms with Gasteiger partial charge >= 0.3 is 5.97 Å². The van der Waals surface area contributed by atoms with Crippen LogP contribution in [0.25, 0.3) is 10.9 Å². The van der Waals surface area contributed by atoms with Gasteiger partial charge in [0.2, 0.25) is 6.79 Å². The Labute approximate surface area is 155 Å². The normalized spacial score (nSPS) is 13.4. The number of para-hydroxylation sites is 1. The number of hydrogen-bond acceptors (Lipinski definition) is 5. The topological polar surface area (TPSA) is 78.8 Å². The van der Waals surface area contributed by atoms with Gasteiger partial charge < -0.3 is 24.1 Å². The van der Waals surface area contributed by atoms with Crippen LogP contribution < -0.4 is 14.8 Å². The van der Waals surface area contributed by atoms with Crippen LogP contribution in [0.3, 0.4) is 0 Å². The molecule has 1 aromatic heterocycles. The zero-order chi connectivity index (χ0) is 19.0. The number of esters is 1. The molecule has 7 heteroatoms. The summed E-state index contributed by atoms with van der Waals surface area (Å²) >= 11 is 0. The van der Waals surface area contributed by atoms with Gasteiger partial charge in [-0.2, -0.15) is 0 Å². The van der Waals surface area contributed by atoms with Gasteiger partial charge in [0.1, 0.15) is 0 Å². The lowest BCUT2D eigenvalue weighted by Gasteiger charge is -2.13. The van der Waals surface area contributed by atoms with E-state index in [1.54, 1.807) is 24.4 Å². The van der Waals surface area contributed by atoms with Crippen LogP contribution in [0.15, 0.2) is 48.7 Å². The molecule has 3 aromatic rings. The SMILES string of the molecule is C[C@H](OC(=O)c1cn(C)c2ccccc12)C(=O)Nc1ccc2c(c1)OCO2. The second-order valence-electron chi connectivity index (χ2n) is 6.28. The molecular formula is C20H18N2O5. The minimum absolute atomic E-state index is 0.159. The van der Waals surface area contributed by atoms with Gasteiger partial charge in [-0.3, -0.25) is 4.79 Å². The summed E-state index contributed by atoms with van der Waals surface area (Å²) < 4.78 is 17.7. The summed E-state index contributed by atoms with van der Waals surface area (Å²) in [4.78, 5) is 24.9. The Morgan fingerprint density at radius 3 is 2.78 bits per heavy atom. The third-order valence-corrected chi connectivity index (χ3v) is 4.41. The van der Waals surface area contributed by atoms with Crippen molar-refractivity contribution in [3.05, 3.63) is 54.2 Å². The summed E-state index contributed by atoms with van der Waals surface area (Å²) in [6, 6.07) is 12.6. The number of nitrogens with one attached hydrogen (secondary N) is 1. The van der Waals surface area contributed by atoms with Crippen LogP contribution in [0, 0.1) is 0 Å². The Morgan fingerprint density at radius 1 is 1.15 bits per heavy atom. The highest BCUT2D eigenvalue weighted by molar-refractivity contribution is 6.05. The van der Waals surface area contributed by atoms with E-state index in [1.807, 2.05) is 35.9 Å². The molecule has 0 bridgehead atoms. The van der Waals surface area contributed by atoms with E-state index in [0.29, 0.717) is 22.7 Å². The molecule has 1 N–H and O–H groups in total. The van der Waals surface area contributed by atoms with E-state index in [0.717, 1.165) is 10.9 Å². The molecule has 7 nitrogen and oxygen atoms in total. The second-order valence-corrected chi connectivity index (χ2v) is 6.28. The van der Waals surface area contributed by atoms with Crippen LogP contribution in [0.1, 0.15) is 17.3 Å². The Kier molecular flexibility index (Phi) is 4.19. The van der Waals surface area contributed by atoms with Crippen LogP contribution >= 0.6 is 0 Å². The van der Waals surface area contributed by atoms with Gasteiger partial charge in [0.05, 0.1) is 5.56 Å². The molecule has 1 aliphatic heterocycles. The van der Waals surface area contributed by atoms with Crippen LogP contribution in [-0.4, -0.2) is 29.3 Å². The maximum atomic E-state index is 12.5. The minimum atomic E-state index is -0.957. The zero-order valence-corrected chi connectivity index (χ0v) is 14.9. The largest absolute Gasteiger partial charge is 0.454 e. The number of rotatable bonds is 4. The van der Waals surface area contributed by atoms with Gasteiger partial charge in [0, 0.05) is 35.9 Å². The third kappa shape index (κ3) is 3.19. The number of carbonyl (C=O) groups excluding carboxylic acids is 2. The highest BCUT2D eigenvalue weighted by Gasteiger charge is 2.22. The quantitative estimate of drug-likeness (QED) is 0.718. The fourth-order valence-electron chi connectivity index (χ4n) is 3.00. The first-order chi connectivity index (χ1) is 13.0. The standard InChI is InChI=1S/C20H18N2O5/c1-12(19(23)21-13-7-8-17-18(9-13)26-11-25-17)27-20(24)15-10-22(2)16-6-4-3-5-14(15)16/h3-10,12H,11H2,1-2H3,(H,21,23)/t12-/m0/s1. The molecule has 0 fully saturated rings. The van der Waals surface area contributed by atoms with E-state index >= 15 is 0 Å². The number of benzene rings is 2. The number of hydrogen-bond donors (Lipinski definition) is 1. The molecule has 2 heterocycles. The average molecular weight is 366 g/mol. The van der Waals surface area contributed by atoms with Crippen molar-refractivity contribution in [1.29, 1.82) is 0 Å². The second kappa shape index (κ2) is 6.68. The van der Waals surface area contributed by atoms with E-state index in [4.69, 9.17) is 14.2 Å². The van der Waals surface area contributed by atoms with Crippen LogP contribution in [0.4, 0.5) is 5.69 Å². The van der Waals surface area contributed by atoms with E-state index in [2.05, 4.69) is 5.32 Å². The molecule has 0 aliphatic carbocycles. The molecule has 1 atom stereocenters. The molecule has 138 valence electrons. The first kappa shape index (κ1) is 17.0. The molecule has 0 spiro atoms. The first-order valence-corrected chi connectivity index (χ1v) is 8.48. The van der Waals surface area contributed by atoms with Crippen molar-refractivity contribution in [2.75, 3.05) is 12.1 Å². The maximum absolute atomic E-state index is 12.5. The number of ether oxygens (including phenoxy) is 3. The summed E-state index contributed by atoms with van der Waals surface area (Å²) in [7, 11) is 1.86. The molecule has 1 amide bonds. The van der Waals surface area contributed by atoms with Crippen molar-refractivity contribution in [3.63, 3.8) is 0 Å². The summed E-state index contributed by atoms with van der Waals surface area (Å²) in [6.45, 7) is 1.69. The Morgan fingerprint density at radius 2 is 1.93 bits per heavy atom. The Hall–Kier alpha value is -3.48. The van der Waals surface area contributed by atoms with Crippen molar-refractivity contribution in [3.8, 4) is 11.5 Å².